The van der Waals surface area contributed by atoms with E-state index in [4.69, 9.17) is 0 Å². The maximum atomic E-state index is 13.1. The predicted molar refractivity (Wildman–Crippen MR) is 92.0 cm³/mol. The van der Waals surface area contributed by atoms with Gasteiger partial charge in [0.15, 0.2) is 5.69 Å². The summed E-state index contributed by atoms with van der Waals surface area (Å²) in [5.74, 6) is -0.426. The van der Waals surface area contributed by atoms with E-state index in [0.717, 1.165) is 18.5 Å². The number of alkyl halides is 6. The van der Waals surface area contributed by atoms with Gasteiger partial charge in [0.25, 0.3) is 0 Å². The first kappa shape index (κ1) is 20.3. The van der Waals surface area contributed by atoms with Crippen molar-refractivity contribution >= 4 is 12.2 Å². The number of benzene rings is 1. The third-order valence-electron chi connectivity index (χ3n) is 3.45. The minimum absolute atomic E-state index is 0.0279. The monoisotopic (exact) mass is 414 g/mol. The lowest BCUT2D eigenvalue weighted by Crippen LogP contribution is -2.18. The van der Waals surface area contributed by atoms with Crippen LogP contribution in [0.1, 0.15) is 11.4 Å². The fraction of sp³-hybridized carbons (Fsp3) is 0.176. The van der Waals surface area contributed by atoms with Crippen molar-refractivity contribution in [1.82, 2.24) is 19.7 Å². The minimum atomic E-state index is -4.71. The van der Waals surface area contributed by atoms with E-state index < -0.39 is 30.5 Å². The Kier molecular flexibility index (Phi) is 5.52. The summed E-state index contributed by atoms with van der Waals surface area (Å²) in [6.07, 6.45) is -7.00. The fourth-order valence-corrected chi connectivity index (χ4v) is 2.27. The molecule has 0 saturated heterocycles. The second-order valence-electron chi connectivity index (χ2n) is 5.75. The Bertz CT molecular complexity index is 994. The highest BCUT2D eigenvalue weighted by Gasteiger charge is 2.34. The average Bonchev–Trinajstić information content (AvgIpc) is 3.07. The van der Waals surface area contributed by atoms with Crippen molar-refractivity contribution in [2.45, 2.75) is 18.9 Å². The summed E-state index contributed by atoms with van der Waals surface area (Å²) >= 11 is 0. The first-order valence-electron chi connectivity index (χ1n) is 8.01. The van der Waals surface area contributed by atoms with Crippen LogP contribution in [0.5, 0.6) is 0 Å². The summed E-state index contributed by atoms with van der Waals surface area (Å²) < 4.78 is 77.0. The number of hydrogen-bond donors (Lipinski definition) is 1. The molecular formula is C17H12F6N6. The molecule has 0 aliphatic rings. The van der Waals surface area contributed by atoms with Gasteiger partial charge in [0.05, 0.1) is 11.9 Å². The molecule has 0 aliphatic heterocycles. The summed E-state index contributed by atoms with van der Waals surface area (Å²) in [7, 11) is 0. The summed E-state index contributed by atoms with van der Waals surface area (Å²) in [6, 6.07) is 10.2. The fourth-order valence-electron chi connectivity index (χ4n) is 2.27. The molecule has 0 aliphatic carbocycles. The quantitative estimate of drug-likeness (QED) is 0.383. The predicted octanol–water partition coefficient (Wildman–Crippen LogP) is 4.37. The highest BCUT2D eigenvalue weighted by molar-refractivity contribution is 5.77. The molecule has 1 aromatic carbocycles. The molecule has 0 saturated carbocycles. The highest BCUT2D eigenvalue weighted by atomic mass is 19.4. The zero-order chi connectivity index (χ0) is 21.1. The smallest absolute Gasteiger partial charge is 0.263 e. The van der Waals surface area contributed by atoms with E-state index in [9.17, 15) is 26.3 Å². The van der Waals surface area contributed by atoms with Gasteiger partial charge in [0.1, 0.15) is 12.2 Å². The van der Waals surface area contributed by atoms with Crippen LogP contribution in [0.2, 0.25) is 0 Å². The second-order valence-corrected chi connectivity index (χ2v) is 5.75. The van der Waals surface area contributed by atoms with Crippen molar-refractivity contribution in [3.63, 3.8) is 0 Å². The number of halogens is 6. The van der Waals surface area contributed by atoms with E-state index in [-0.39, 0.29) is 11.4 Å². The van der Waals surface area contributed by atoms with E-state index in [1.54, 1.807) is 30.3 Å². The largest absolute Gasteiger partial charge is 0.433 e. The van der Waals surface area contributed by atoms with Gasteiger partial charge in [-0.25, -0.2) is 15.4 Å². The highest BCUT2D eigenvalue weighted by Crippen LogP contribution is 2.31. The SMILES string of the molecule is FC(F)(F)Cn1ccc(/C=N/Nc2nc(-c3ccccc3)cc(C(F)(F)F)n2)n1. The van der Waals surface area contributed by atoms with Gasteiger partial charge in [-0.1, -0.05) is 30.3 Å². The Morgan fingerprint density at radius 2 is 1.72 bits per heavy atom. The van der Waals surface area contributed by atoms with Crippen molar-refractivity contribution in [2.24, 2.45) is 5.10 Å². The van der Waals surface area contributed by atoms with Gasteiger partial charge in [-0.15, -0.1) is 0 Å². The van der Waals surface area contributed by atoms with Gasteiger partial charge in [0, 0.05) is 11.8 Å². The third-order valence-corrected chi connectivity index (χ3v) is 3.45. The number of anilines is 1. The van der Waals surface area contributed by atoms with E-state index >= 15 is 0 Å². The maximum absolute atomic E-state index is 13.1. The summed E-state index contributed by atoms with van der Waals surface area (Å²) in [4.78, 5) is 7.37. The Labute approximate surface area is 159 Å². The molecule has 3 rings (SSSR count). The lowest BCUT2D eigenvalue weighted by atomic mass is 10.1. The first-order chi connectivity index (χ1) is 13.6. The maximum Gasteiger partial charge on any atom is 0.433 e. The molecule has 1 N–H and O–H groups in total. The van der Waals surface area contributed by atoms with Crippen LogP contribution in [0.15, 0.2) is 53.8 Å². The number of hydrazone groups is 1. The minimum Gasteiger partial charge on any atom is -0.263 e. The van der Waals surface area contributed by atoms with E-state index in [2.05, 4.69) is 25.6 Å². The molecule has 0 atom stereocenters. The van der Waals surface area contributed by atoms with Gasteiger partial charge in [-0.05, 0) is 12.1 Å². The zero-order valence-electron chi connectivity index (χ0n) is 14.4. The zero-order valence-corrected chi connectivity index (χ0v) is 14.4. The molecule has 12 heteroatoms. The van der Waals surface area contributed by atoms with Gasteiger partial charge in [-0.2, -0.15) is 36.5 Å². The van der Waals surface area contributed by atoms with Crippen molar-refractivity contribution in [2.75, 3.05) is 5.43 Å². The van der Waals surface area contributed by atoms with Gasteiger partial charge >= 0.3 is 12.4 Å². The molecule has 0 amide bonds. The van der Waals surface area contributed by atoms with Gasteiger partial charge in [-0.3, -0.25) is 4.68 Å². The van der Waals surface area contributed by atoms with Crippen molar-refractivity contribution < 1.29 is 26.3 Å². The van der Waals surface area contributed by atoms with Gasteiger partial charge < -0.3 is 0 Å². The van der Waals surface area contributed by atoms with E-state index in [0.29, 0.717) is 10.2 Å². The van der Waals surface area contributed by atoms with Crippen LogP contribution in [0.3, 0.4) is 0 Å². The molecule has 2 aromatic heterocycles. The molecule has 0 radical (unpaired) electrons. The van der Waals surface area contributed by atoms with Crippen molar-refractivity contribution in [3.8, 4) is 11.3 Å². The summed E-state index contributed by atoms with van der Waals surface area (Å²) in [5, 5.41) is 7.29. The van der Waals surface area contributed by atoms with Crippen molar-refractivity contribution in [3.05, 3.63) is 60.0 Å². The van der Waals surface area contributed by atoms with Crippen LogP contribution in [0.25, 0.3) is 11.3 Å². The number of nitrogens with zero attached hydrogens (tertiary/aromatic N) is 5. The molecule has 0 spiro atoms. The molecule has 0 bridgehead atoms. The Hall–Kier alpha value is -3.44. The molecule has 152 valence electrons. The number of aromatic nitrogens is 4. The van der Waals surface area contributed by atoms with E-state index in [1.807, 2.05) is 0 Å². The van der Waals surface area contributed by atoms with Crippen LogP contribution >= 0.6 is 0 Å². The number of hydrogen-bond acceptors (Lipinski definition) is 5. The lowest BCUT2D eigenvalue weighted by Gasteiger charge is -2.10. The molecule has 2 heterocycles. The number of nitrogens with one attached hydrogen (secondary N) is 1. The Balaban J connectivity index is 1.81. The van der Waals surface area contributed by atoms with Crippen LogP contribution in [0, 0.1) is 0 Å². The van der Waals surface area contributed by atoms with Gasteiger partial charge in [0.2, 0.25) is 5.95 Å². The lowest BCUT2D eigenvalue weighted by molar-refractivity contribution is -0.143. The number of rotatable bonds is 5. The van der Waals surface area contributed by atoms with Crippen LogP contribution in [0.4, 0.5) is 32.3 Å². The van der Waals surface area contributed by atoms with Crippen LogP contribution < -0.4 is 5.43 Å². The normalized spacial score (nSPS) is 12.5. The van der Waals surface area contributed by atoms with Crippen LogP contribution in [-0.4, -0.2) is 32.1 Å². The molecular weight excluding hydrogens is 402 g/mol. The van der Waals surface area contributed by atoms with E-state index in [1.165, 1.54) is 6.07 Å². The molecule has 6 nitrogen and oxygen atoms in total. The molecule has 0 fully saturated rings. The Morgan fingerprint density at radius 3 is 2.38 bits per heavy atom. The molecule has 3 aromatic rings. The average molecular weight is 414 g/mol. The topological polar surface area (TPSA) is 68.0 Å². The van der Waals surface area contributed by atoms with Crippen LogP contribution in [-0.2, 0) is 12.7 Å². The standard InChI is InChI=1S/C17H12F6N6/c18-16(19,20)10-29-7-6-12(28-29)9-24-27-15-25-13(11-4-2-1-3-5-11)8-14(26-15)17(21,22)23/h1-9H,10H2,(H,25,26,27)/b24-9+. The first-order valence-corrected chi connectivity index (χ1v) is 8.01. The molecule has 29 heavy (non-hydrogen) atoms. The van der Waals surface area contributed by atoms with Crippen molar-refractivity contribution in [1.29, 1.82) is 0 Å². The summed E-state index contributed by atoms with van der Waals surface area (Å²) in [6.45, 7) is -1.27. The Morgan fingerprint density at radius 1 is 1.00 bits per heavy atom. The molecule has 0 unspecified atom stereocenters. The summed E-state index contributed by atoms with van der Waals surface area (Å²) in [5.41, 5.74) is 1.62. The third kappa shape index (κ3) is 5.77. The second kappa shape index (κ2) is 7.89.